The maximum atomic E-state index is 12.4. The van der Waals surface area contributed by atoms with E-state index in [9.17, 15) is 19.2 Å². The molecule has 3 rings (SSSR count). The topological polar surface area (TPSA) is 93.2 Å². The van der Waals surface area contributed by atoms with Crippen LogP contribution in [0.15, 0.2) is 54.6 Å². The molecule has 0 fully saturated rings. The molecular formula is C21H16N2O4S. The number of hydrogen-bond acceptors (Lipinski definition) is 6. The molecule has 1 aromatic heterocycles. The fraction of sp³-hybridized carbons (Fsp3) is 0.0952. The zero-order valence-corrected chi connectivity index (χ0v) is 16.0. The number of nitrogens with zero attached hydrogens (tertiary/aromatic N) is 1. The van der Waals surface area contributed by atoms with Gasteiger partial charge in [0, 0.05) is 23.6 Å². The van der Waals surface area contributed by atoms with E-state index in [0.29, 0.717) is 26.8 Å². The molecule has 3 aromatic rings. The number of hydrogen-bond donors (Lipinski definition) is 1. The molecule has 1 heterocycles. The minimum absolute atomic E-state index is 0.110. The van der Waals surface area contributed by atoms with Crippen molar-refractivity contribution in [3.8, 4) is 0 Å². The number of aromatic nitrogens is 1. The molecule has 140 valence electrons. The summed E-state index contributed by atoms with van der Waals surface area (Å²) in [6, 6.07) is 14.1. The van der Waals surface area contributed by atoms with Gasteiger partial charge in [-0.15, -0.1) is 0 Å². The van der Waals surface area contributed by atoms with Gasteiger partial charge in [0.05, 0.1) is 10.6 Å². The molecule has 1 amide bonds. The highest BCUT2D eigenvalue weighted by Crippen LogP contribution is 2.23. The Hall–Kier alpha value is -3.45. The molecule has 0 aliphatic carbocycles. The maximum absolute atomic E-state index is 12.4. The Morgan fingerprint density at radius 3 is 1.89 bits per heavy atom. The van der Waals surface area contributed by atoms with Crippen LogP contribution in [0.1, 0.15) is 53.4 Å². The molecule has 0 aliphatic heterocycles. The monoisotopic (exact) mass is 392 g/mol. The van der Waals surface area contributed by atoms with Crippen molar-refractivity contribution in [2.24, 2.45) is 0 Å². The zero-order chi connectivity index (χ0) is 20.3. The fourth-order valence-electron chi connectivity index (χ4n) is 2.57. The lowest BCUT2D eigenvalue weighted by molar-refractivity contribution is 0.0817. The van der Waals surface area contributed by atoms with Gasteiger partial charge in [0.25, 0.3) is 5.91 Å². The minimum Gasteiger partial charge on any atom is -0.298 e. The molecule has 0 spiro atoms. The summed E-state index contributed by atoms with van der Waals surface area (Å²) in [7, 11) is 0. The highest BCUT2D eigenvalue weighted by Gasteiger charge is 2.19. The molecule has 2 aromatic carbocycles. The zero-order valence-electron chi connectivity index (χ0n) is 15.2. The van der Waals surface area contributed by atoms with E-state index in [2.05, 4.69) is 10.3 Å². The molecule has 1 N–H and O–H groups in total. The summed E-state index contributed by atoms with van der Waals surface area (Å²) in [4.78, 5) is 53.1. The molecule has 0 bridgehead atoms. The third-order valence-electron chi connectivity index (χ3n) is 3.99. The number of Topliss-reactive ketones (excluding diaryl/α,β-unsaturated/α-hetero) is 3. The standard InChI is InChI=1S/C21H16N2O4S/c1-12-19(13(2)24)28-21(22-12)23-20(27)16-10-8-15(9-11-16)18(26)17(25)14-6-4-3-5-7-14/h3-11H,1-2H3,(H,22,23,27). The van der Waals surface area contributed by atoms with Gasteiger partial charge in [0.15, 0.2) is 10.9 Å². The predicted octanol–water partition coefficient (Wildman–Crippen LogP) is 3.97. The highest BCUT2D eigenvalue weighted by molar-refractivity contribution is 7.17. The molecule has 0 aliphatic rings. The van der Waals surface area contributed by atoms with Crippen molar-refractivity contribution in [3.63, 3.8) is 0 Å². The summed E-state index contributed by atoms with van der Waals surface area (Å²) < 4.78 is 0. The van der Waals surface area contributed by atoms with Crippen molar-refractivity contribution < 1.29 is 19.2 Å². The molecule has 7 heteroatoms. The van der Waals surface area contributed by atoms with Gasteiger partial charge in [-0.2, -0.15) is 0 Å². The SMILES string of the molecule is CC(=O)c1sc(NC(=O)c2ccc(C(=O)C(=O)c3ccccc3)cc2)nc1C. The summed E-state index contributed by atoms with van der Waals surface area (Å²) in [5, 5.41) is 2.96. The van der Waals surface area contributed by atoms with Crippen molar-refractivity contribution in [1.29, 1.82) is 0 Å². The summed E-state index contributed by atoms with van der Waals surface area (Å²) in [5.74, 6) is -1.77. The Morgan fingerprint density at radius 2 is 1.36 bits per heavy atom. The van der Waals surface area contributed by atoms with E-state index in [1.54, 1.807) is 37.3 Å². The first-order valence-electron chi connectivity index (χ1n) is 8.40. The van der Waals surface area contributed by atoms with E-state index < -0.39 is 17.5 Å². The molecule has 28 heavy (non-hydrogen) atoms. The number of carbonyl (C=O) groups excluding carboxylic acids is 4. The number of thiazole rings is 1. The third-order valence-corrected chi connectivity index (χ3v) is 5.16. The van der Waals surface area contributed by atoms with E-state index in [1.807, 2.05) is 0 Å². The smallest absolute Gasteiger partial charge is 0.257 e. The van der Waals surface area contributed by atoms with Crippen molar-refractivity contribution in [3.05, 3.63) is 81.9 Å². The van der Waals surface area contributed by atoms with E-state index in [-0.39, 0.29) is 11.3 Å². The molecule has 0 saturated carbocycles. The minimum atomic E-state index is -0.639. The Morgan fingerprint density at radius 1 is 0.821 bits per heavy atom. The molecule has 6 nitrogen and oxygen atoms in total. The fourth-order valence-corrected chi connectivity index (χ4v) is 3.43. The van der Waals surface area contributed by atoms with Crippen LogP contribution in [0.3, 0.4) is 0 Å². The lowest BCUT2D eigenvalue weighted by Gasteiger charge is -2.04. The highest BCUT2D eigenvalue weighted by atomic mass is 32.1. The van der Waals surface area contributed by atoms with Gasteiger partial charge < -0.3 is 0 Å². The van der Waals surface area contributed by atoms with Crippen LogP contribution in [0.5, 0.6) is 0 Å². The number of carbonyl (C=O) groups is 4. The molecule has 0 unspecified atom stereocenters. The number of nitrogens with one attached hydrogen (secondary N) is 1. The average molecular weight is 392 g/mol. The van der Waals surface area contributed by atoms with Gasteiger partial charge >= 0.3 is 0 Å². The van der Waals surface area contributed by atoms with Crippen LogP contribution in [0, 0.1) is 6.92 Å². The normalized spacial score (nSPS) is 10.4. The number of benzene rings is 2. The lowest BCUT2D eigenvalue weighted by atomic mass is 10.0. The van der Waals surface area contributed by atoms with Gasteiger partial charge in [-0.05, 0) is 19.1 Å². The quantitative estimate of drug-likeness (QED) is 0.506. The second-order valence-corrected chi connectivity index (χ2v) is 7.04. The van der Waals surface area contributed by atoms with E-state index in [4.69, 9.17) is 0 Å². The van der Waals surface area contributed by atoms with Crippen LogP contribution in [-0.2, 0) is 0 Å². The predicted molar refractivity (Wildman–Crippen MR) is 106 cm³/mol. The van der Waals surface area contributed by atoms with E-state index in [0.717, 1.165) is 11.3 Å². The first-order valence-corrected chi connectivity index (χ1v) is 9.22. The van der Waals surface area contributed by atoms with Crippen molar-refractivity contribution in [2.75, 3.05) is 5.32 Å². The van der Waals surface area contributed by atoms with Crippen LogP contribution >= 0.6 is 11.3 Å². The van der Waals surface area contributed by atoms with Crippen molar-refractivity contribution in [1.82, 2.24) is 4.98 Å². The largest absolute Gasteiger partial charge is 0.298 e. The first kappa shape index (κ1) is 19.3. The van der Waals surface area contributed by atoms with Gasteiger partial charge in [-0.3, -0.25) is 24.5 Å². The maximum Gasteiger partial charge on any atom is 0.257 e. The Bertz CT molecular complexity index is 1070. The van der Waals surface area contributed by atoms with Gasteiger partial charge in [-0.25, -0.2) is 4.98 Å². The van der Waals surface area contributed by atoms with Gasteiger partial charge in [-0.1, -0.05) is 53.8 Å². The van der Waals surface area contributed by atoms with Crippen LogP contribution in [0.2, 0.25) is 0 Å². The van der Waals surface area contributed by atoms with E-state index in [1.165, 1.54) is 31.2 Å². The molecule has 0 saturated heterocycles. The Kier molecular flexibility index (Phi) is 5.56. The Balaban J connectivity index is 1.72. The molecule has 0 radical (unpaired) electrons. The third kappa shape index (κ3) is 4.10. The number of amides is 1. The second-order valence-electron chi connectivity index (χ2n) is 6.05. The van der Waals surface area contributed by atoms with E-state index >= 15 is 0 Å². The second kappa shape index (κ2) is 8.06. The van der Waals surface area contributed by atoms with Crippen molar-refractivity contribution in [2.45, 2.75) is 13.8 Å². The number of aryl methyl sites for hydroxylation is 1. The number of rotatable bonds is 6. The summed E-state index contributed by atoms with van der Waals surface area (Å²) in [5.41, 5.74) is 1.39. The van der Waals surface area contributed by atoms with Crippen LogP contribution < -0.4 is 5.32 Å². The van der Waals surface area contributed by atoms with Crippen molar-refractivity contribution >= 4 is 39.7 Å². The summed E-state index contributed by atoms with van der Waals surface area (Å²) >= 11 is 1.11. The van der Waals surface area contributed by atoms with Crippen LogP contribution in [0.4, 0.5) is 5.13 Å². The van der Waals surface area contributed by atoms with Crippen LogP contribution in [-0.4, -0.2) is 28.2 Å². The number of anilines is 1. The average Bonchev–Trinajstić information content (AvgIpc) is 3.08. The van der Waals surface area contributed by atoms with Crippen LogP contribution in [0.25, 0.3) is 0 Å². The Labute approximate surface area is 165 Å². The first-order chi connectivity index (χ1) is 13.4. The van der Waals surface area contributed by atoms with Gasteiger partial charge in [0.2, 0.25) is 11.6 Å². The summed E-state index contributed by atoms with van der Waals surface area (Å²) in [6.45, 7) is 3.14. The molecule has 0 atom stereocenters. The van der Waals surface area contributed by atoms with Gasteiger partial charge in [0.1, 0.15) is 0 Å². The molecular weight excluding hydrogens is 376 g/mol. The number of ketones is 3. The lowest BCUT2D eigenvalue weighted by Crippen LogP contribution is -2.15. The summed E-state index contributed by atoms with van der Waals surface area (Å²) in [6.07, 6.45) is 0.